The van der Waals surface area contributed by atoms with Crippen LogP contribution < -0.4 is 4.74 Å². The monoisotopic (exact) mass is 327 g/mol. The van der Waals surface area contributed by atoms with Gasteiger partial charge in [-0.25, -0.2) is 0 Å². The third-order valence-electron chi connectivity index (χ3n) is 6.07. The number of fused-ring (bicyclic) bond motifs is 1. The van der Waals surface area contributed by atoms with Gasteiger partial charge in [0, 0.05) is 22.9 Å². The summed E-state index contributed by atoms with van der Waals surface area (Å²) in [7, 11) is 5.54. The van der Waals surface area contributed by atoms with Gasteiger partial charge >= 0.3 is 0 Å². The third kappa shape index (κ3) is 1.89. The first-order valence-corrected chi connectivity index (χ1v) is 8.60. The van der Waals surface area contributed by atoms with E-state index in [2.05, 4.69) is 37.1 Å². The number of methoxy groups -OCH3 is 2. The van der Waals surface area contributed by atoms with Gasteiger partial charge in [-0.2, -0.15) is 0 Å². The van der Waals surface area contributed by atoms with E-state index in [-0.39, 0.29) is 17.1 Å². The average Bonchev–Trinajstić information content (AvgIpc) is 2.58. The van der Waals surface area contributed by atoms with Crippen molar-refractivity contribution in [3.63, 3.8) is 0 Å². The highest BCUT2D eigenvalue weighted by Crippen LogP contribution is 2.56. The van der Waals surface area contributed by atoms with Crippen molar-refractivity contribution in [3.05, 3.63) is 46.7 Å². The molecule has 1 aliphatic heterocycles. The zero-order chi connectivity index (χ0) is 17.1. The lowest BCUT2D eigenvalue weighted by Crippen LogP contribution is -2.54. The van der Waals surface area contributed by atoms with E-state index in [1.165, 1.54) is 11.1 Å². The predicted molar refractivity (Wildman–Crippen MR) is 93.4 cm³/mol. The second kappa shape index (κ2) is 5.28. The van der Waals surface area contributed by atoms with Crippen LogP contribution in [0.1, 0.15) is 24.5 Å². The molecule has 1 fully saturated rings. The number of allylic oxidation sites excluding steroid dienone is 2. The predicted octanol–water partition coefficient (Wildman–Crippen LogP) is 3.01. The highest BCUT2D eigenvalue weighted by atomic mass is 16.5. The van der Waals surface area contributed by atoms with Gasteiger partial charge in [0.2, 0.25) is 0 Å². The quantitative estimate of drug-likeness (QED) is 0.848. The Labute approximate surface area is 143 Å². The van der Waals surface area contributed by atoms with Crippen LogP contribution in [0.4, 0.5) is 0 Å². The number of likely N-dealkylation sites (N-methyl/N-ethyl adjacent to an activating group) is 1. The minimum Gasteiger partial charge on any atom is -0.504 e. The van der Waals surface area contributed by atoms with Crippen molar-refractivity contribution >= 4 is 0 Å². The number of phenols is 1. The molecule has 1 N–H and O–H groups in total. The van der Waals surface area contributed by atoms with Gasteiger partial charge in [-0.1, -0.05) is 19.1 Å². The molecule has 0 spiro atoms. The summed E-state index contributed by atoms with van der Waals surface area (Å²) in [6.45, 7) is 3.17. The maximum absolute atomic E-state index is 10.9. The number of nitrogens with zero attached hydrogens (tertiary/aromatic N) is 1. The van der Waals surface area contributed by atoms with Gasteiger partial charge in [0.25, 0.3) is 0 Å². The zero-order valence-corrected chi connectivity index (χ0v) is 14.8. The number of aromatic hydroxyl groups is 1. The van der Waals surface area contributed by atoms with Gasteiger partial charge in [-0.15, -0.1) is 0 Å². The Balaban J connectivity index is 2.01. The van der Waals surface area contributed by atoms with Crippen molar-refractivity contribution in [3.8, 4) is 11.5 Å². The first kappa shape index (κ1) is 15.6. The largest absolute Gasteiger partial charge is 0.504 e. The van der Waals surface area contributed by atoms with Gasteiger partial charge in [-0.3, -0.25) is 4.90 Å². The Morgan fingerprint density at radius 2 is 2.04 bits per heavy atom. The van der Waals surface area contributed by atoms with Crippen LogP contribution in [0, 0.1) is 5.92 Å². The van der Waals surface area contributed by atoms with Crippen LogP contribution in [-0.2, 0) is 16.6 Å². The van der Waals surface area contributed by atoms with Gasteiger partial charge in [0.05, 0.1) is 20.0 Å². The van der Waals surface area contributed by atoms with Crippen LogP contribution in [-0.4, -0.2) is 43.9 Å². The standard InChI is InChI=1S/C20H25NO3/c1-12-9-14-15-10-13-5-6-16(23-3)19(22)18(13)20(14,7-8-21(15)2)11-17(12)24-4/h5-6,9,11-12,15,22H,7-8,10H2,1-4H3/t12?,15-,20+/m1/s1. The molecule has 4 heteroatoms. The van der Waals surface area contributed by atoms with E-state index >= 15 is 0 Å². The minimum atomic E-state index is -0.277. The molecule has 4 nitrogen and oxygen atoms in total. The third-order valence-corrected chi connectivity index (χ3v) is 6.07. The molecule has 4 rings (SSSR count). The van der Waals surface area contributed by atoms with Crippen LogP contribution >= 0.6 is 0 Å². The fourth-order valence-corrected chi connectivity index (χ4v) is 4.84. The van der Waals surface area contributed by atoms with Crippen molar-refractivity contribution in [1.29, 1.82) is 0 Å². The highest BCUT2D eigenvalue weighted by Gasteiger charge is 2.51. The zero-order valence-electron chi connectivity index (χ0n) is 14.8. The number of piperidine rings is 1. The molecule has 1 unspecified atom stereocenters. The Hall–Kier alpha value is -1.94. The number of rotatable bonds is 2. The summed E-state index contributed by atoms with van der Waals surface area (Å²) < 4.78 is 11.1. The van der Waals surface area contributed by atoms with Crippen LogP contribution in [0.15, 0.2) is 35.6 Å². The molecule has 2 aliphatic carbocycles. The maximum Gasteiger partial charge on any atom is 0.162 e. The molecule has 1 heterocycles. The molecule has 128 valence electrons. The Kier molecular flexibility index (Phi) is 3.43. The summed E-state index contributed by atoms with van der Waals surface area (Å²) in [6, 6.07) is 4.37. The number of ether oxygens (including phenoxy) is 2. The molecule has 0 amide bonds. The molecule has 3 atom stereocenters. The number of hydrogen-bond acceptors (Lipinski definition) is 4. The first-order chi connectivity index (χ1) is 11.5. The van der Waals surface area contributed by atoms with Crippen LogP contribution in [0.25, 0.3) is 0 Å². The van der Waals surface area contributed by atoms with Crippen molar-refractivity contribution in [2.24, 2.45) is 5.92 Å². The molecule has 1 aromatic rings. The molecule has 24 heavy (non-hydrogen) atoms. The smallest absolute Gasteiger partial charge is 0.162 e. The van der Waals surface area contributed by atoms with E-state index in [1.807, 2.05) is 6.07 Å². The van der Waals surface area contributed by atoms with Crippen molar-refractivity contribution < 1.29 is 14.6 Å². The summed E-state index contributed by atoms with van der Waals surface area (Å²) in [6.07, 6.45) is 6.48. The first-order valence-electron chi connectivity index (χ1n) is 8.60. The molecule has 1 saturated heterocycles. The highest BCUT2D eigenvalue weighted by molar-refractivity contribution is 5.64. The fraction of sp³-hybridized carbons (Fsp3) is 0.500. The molecular weight excluding hydrogens is 302 g/mol. The Morgan fingerprint density at radius 3 is 2.75 bits per heavy atom. The molecule has 2 bridgehead atoms. The lowest BCUT2D eigenvalue weighted by Gasteiger charge is -2.53. The Morgan fingerprint density at radius 1 is 1.25 bits per heavy atom. The van der Waals surface area contributed by atoms with E-state index in [0.717, 1.165) is 30.7 Å². The molecule has 0 saturated carbocycles. The molecule has 3 aliphatic rings. The Bertz CT molecular complexity index is 751. The van der Waals surface area contributed by atoms with Crippen LogP contribution in [0.3, 0.4) is 0 Å². The van der Waals surface area contributed by atoms with E-state index in [1.54, 1.807) is 14.2 Å². The number of phenolic OH excluding ortho intramolecular Hbond substituents is 1. The van der Waals surface area contributed by atoms with Crippen LogP contribution in [0.2, 0.25) is 0 Å². The maximum atomic E-state index is 10.9. The lowest BCUT2D eigenvalue weighted by molar-refractivity contribution is 0.171. The molecule has 0 aromatic heterocycles. The van der Waals surface area contributed by atoms with Gasteiger partial charge < -0.3 is 14.6 Å². The summed E-state index contributed by atoms with van der Waals surface area (Å²) in [5.74, 6) is 2.08. The van der Waals surface area contributed by atoms with Crippen molar-refractivity contribution in [2.45, 2.75) is 31.2 Å². The molecule has 1 aromatic carbocycles. The van der Waals surface area contributed by atoms with E-state index in [4.69, 9.17) is 9.47 Å². The second-order valence-electron chi connectivity index (χ2n) is 7.23. The van der Waals surface area contributed by atoms with E-state index in [9.17, 15) is 5.11 Å². The van der Waals surface area contributed by atoms with Crippen molar-refractivity contribution in [2.75, 3.05) is 27.8 Å². The lowest BCUT2D eigenvalue weighted by atomic mass is 9.58. The normalized spacial score (nSPS) is 31.5. The topological polar surface area (TPSA) is 41.9 Å². The van der Waals surface area contributed by atoms with Gasteiger partial charge in [0.15, 0.2) is 11.5 Å². The van der Waals surface area contributed by atoms with E-state index < -0.39 is 0 Å². The van der Waals surface area contributed by atoms with Crippen LogP contribution in [0.5, 0.6) is 11.5 Å². The second-order valence-corrected chi connectivity index (χ2v) is 7.23. The molecular formula is C20H25NO3. The minimum absolute atomic E-state index is 0.265. The SMILES string of the molecule is COC1=C[C@]23CCN(C)[C@H](Cc4ccc(OC)c(O)c42)C3=CC1C. The van der Waals surface area contributed by atoms with E-state index in [0.29, 0.717) is 11.8 Å². The van der Waals surface area contributed by atoms with Crippen molar-refractivity contribution in [1.82, 2.24) is 4.90 Å². The van der Waals surface area contributed by atoms with Gasteiger partial charge in [-0.05, 0) is 49.7 Å². The average molecular weight is 327 g/mol. The number of likely N-dealkylation sites (tertiary alicyclic amines) is 1. The summed E-state index contributed by atoms with van der Waals surface area (Å²) in [5, 5.41) is 10.9. The van der Waals surface area contributed by atoms with Gasteiger partial charge in [0.1, 0.15) is 0 Å². The summed E-state index contributed by atoms with van der Waals surface area (Å²) in [4.78, 5) is 2.44. The summed E-state index contributed by atoms with van der Waals surface area (Å²) in [5.41, 5.74) is 3.35. The summed E-state index contributed by atoms with van der Waals surface area (Å²) >= 11 is 0. The number of benzene rings is 1. The molecule has 0 radical (unpaired) electrons. The number of hydrogen-bond donors (Lipinski definition) is 1. The fourth-order valence-electron chi connectivity index (χ4n) is 4.84.